The number of nitrogens with zero attached hydrogens (tertiary/aromatic N) is 1. The molecule has 3 aromatic rings. The number of hydrogen-bond acceptors (Lipinski definition) is 4. The van der Waals surface area contributed by atoms with Gasteiger partial charge in [0.05, 0.1) is 22.7 Å². The highest BCUT2D eigenvalue weighted by atomic mass is 32.1. The molecular formula is C21H25N3O2S2. The number of carbonyl (C=O) groups is 1. The van der Waals surface area contributed by atoms with Gasteiger partial charge in [-0.15, -0.1) is 0 Å². The van der Waals surface area contributed by atoms with Crippen LogP contribution in [0.15, 0.2) is 53.3 Å². The first kappa shape index (κ1) is 20.6. The third-order valence-corrected chi connectivity index (χ3v) is 5.89. The van der Waals surface area contributed by atoms with Gasteiger partial charge in [-0.2, -0.15) is 13.5 Å². The fourth-order valence-corrected chi connectivity index (χ4v) is 4.40. The number of amides is 1. The van der Waals surface area contributed by atoms with E-state index in [-0.39, 0.29) is 30.3 Å². The Kier molecular flexibility index (Phi) is 6.93. The van der Waals surface area contributed by atoms with Gasteiger partial charge in [0.25, 0.3) is 0 Å². The van der Waals surface area contributed by atoms with E-state index in [1.807, 2.05) is 36.4 Å². The third-order valence-electron chi connectivity index (χ3n) is 5.02. The van der Waals surface area contributed by atoms with Crippen molar-refractivity contribution < 1.29 is 4.79 Å². The van der Waals surface area contributed by atoms with Gasteiger partial charge < -0.3 is 15.2 Å². The highest BCUT2D eigenvalue weighted by Crippen LogP contribution is 2.19. The van der Waals surface area contributed by atoms with E-state index < -0.39 is 0 Å². The average Bonchev–Trinajstić information content (AvgIpc) is 3.30. The van der Waals surface area contributed by atoms with E-state index in [1.165, 1.54) is 24.2 Å². The van der Waals surface area contributed by atoms with Crippen LogP contribution < -0.4 is 10.2 Å². The molecule has 0 saturated carbocycles. The standard InChI is InChI=1S/C21H23N3O2S.H2S/c25-20(13-15-8-9-19-17(12-15)23-21(26)27-19)22-18(14-24-10-4-5-11-24)16-6-2-1-3-7-16;/h1-3,6-9,12,18H,4-5,10-11,13-14H2,(H,22,25)(H,23,26);1H2/t18-;/m1./s1. The maximum atomic E-state index is 12.7. The Morgan fingerprint density at radius 1 is 1.14 bits per heavy atom. The summed E-state index contributed by atoms with van der Waals surface area (Å²) >= 11 is 1.19. The number of H-pyrrole nitrogens is 1. The van der Waals surface area contributed by atoms with Crippen molar-refractivity contribution in [3.8, 4) is 0 Å². The fraction of sp³-hybridized carbons (Fsp3) is 0.333. The molecule has 1 amide bonds. The summed E-state index contributed by atoms with van der Waals surface area (Å²) < 4.78 is 0.917. The monoisotopic (exact) mass is 415 g/mol. The van der Waals surface area contributed by atoms with Crippen LogP contribution in [0.2, 0.25) is 0 Å². The minimum absolute atomic E-state index is 0. The Hall–Kier alpha value is -2.09. The smallest absolute Gasteiger partial charge is 0.305 e. The highest BCUT2D eigenvalue weighted by molar-refractivity contribution is 7.59. The Bertz CT molecular complexity index is 978. The van der Waals surface area contributed by atoms with Crippen molar-refractivity contribution in [1.82, 2.24) is 15.2 Å². The molecule has 28 heavy (non-hydrogen) atoms. The lowest BCUT2D eigenvalue weighted by Crippen LogP contribution is -2.37. The first-order valence-electron chi connectivity index (χ1n) is 9.36. The van der Waals surface area contributed by atoms with Gasteiger partial charge in [0.1, 0.15) is 0 Å². The van der Waals surface area contributed by atoms with E-state index in [0.29, 0.717) is 6.42 Å². The fourth-order valence-electron chi connectivity index (χ4n) is 3.68. The summed E-state index contributed by atoms with van der Waals surface area (Å²) in [6.07, 6.45) is 2.76. The Balaban J connectivity index is 0.00000225. The first-order chi connectivity index (χ1) is 13.2. The maximum Gasteiger partial charge on any atom is 0.305 e. The Morgan fingerprint density at radius 2 is 1.89 bits per heavy atom. The summed E-state index contributed by atoms with van der Waals surface area (Å²) in [4.78, 5) is 29.3. The van der Waals surface area contributed by atoms with Crippen molar-refractivity contribution in [3.63, 3.8) is 0 Å². The van der Waals surface area contributed by atoms with Crippen LogP contribution in [-0.2, 0) is 11.2 Å². The molecule has 1 aliphatic rings. The van der Waals surface area contributed by atoms with Gasteiger partial charge in [-0.1, -0.05) is 47.7 Å². The number of nitrogens with one attached hydrogen (secondary N) is 2. The van der Waals surface area contributed by atoms with Gasteiger partial charge in [-0.3, -0.25) is 9.59 Å². The number of aromatic nitrogens is 1. The summed E-state index contributed by atoms with van der Waals surface area (Å²) in [6, 6.07) is 15.9. The van der Waals surface area contributed by atoms with Crippen molar-refractivity contribution in [3.05, 3.63) is 69.3 Å². The molecule has 5 nitrogen and oxygen atoms in total. The summed E-state index contributed by atoms with van der Waals surface area (Å²) in [6.45, 7) is 3.04. The second kappa shape index (κ2) is 9.41. The lowest BCUT2D eigenvalue weighted by molar-refractivity contribution is -0.121. The quantitative estimate of drug-likeness (QED) is 0.650. The lowest BCUT2D eigenvalue weighted by atomic mass is 10.1. The van der Waals surface area contributed by atoms with Crippen LogP contribution in [0.1, 0.15) is 30.0 Å². The Morgan fingerprint density at radius 3 is 2.64 bits per heavy atom. The first-order valence-corrected chi connectivity index (χ1v) is 10.2. The average molecular weight is 416 g/mol. The van der Waals surface area contributed by atoms with Crippen molar-refractivity contribution in [2.75, 3.05) is 19.6 Å². The minimum Gasteiger partial charge on any atom is -0.348 e. The largest absolute Gasteiger partial charge is 0.348 e. The van der Waals surface area contributed by atoms with Crippen LogP contribution in [0.4, 0.5) is 0 Å². The molecule has 2 heterocycles. The van der Waals surface area contributed by atoms with Crippen LogP contribution in [0.3, 0.4) is 0 Å². The van der Waals surface area contributed by atoms with Crippen LogP contribution in [0, 0.1) is 0 Å². The normalized spacial score (nSPS) is 15.3. The summed E-state index contributed by atoms with van der Waals surface area (Å²) in [5.41, 5.74) is 2.84. The van der Waals surface area contributed by atoms with Crippen LogP contribution in [0.25, 0.3) is 10.2 Å². The zero-order chi connectivity index (χ0) is 18.6. The van der Waals surface area contributed by atoms with Crippen LogP contribution in [-0.4, -0.2) is 35.4 Å². The molecule has 2 N–H and O–H groups in total. The number of thiazole rings is 1. The molecule has 0 unspecified atom stereocenters. The lowest BCUT2D eigenvalue weighted by Gasteiger charge is -2.25. The van der Waals surface area contributed by atoms with E-state index in [2.05, 4.69) is 27.3 Å². The predicted octanol–water partition coefficient (Wildman–Crippen LogP) is 3.20. The molecule has 0 aliphatic carbocycles. The van der Waals surface area contributed by atoms with Crippen molar-refractivity contribution in [2.24, 2.45) is 0 Å². The molecule has 1 atom stereocenters. The molecule has 2 aromatic carbocycles. The summed E-state index contributed by atoms with van der Waals surface area (Å²) in [5, 5.41) is 3.21. The number of aromatic amines is 1. The second-order valence-corrected chi connectivity index (χ2v) is 8.08. The Labute approximate surface area is 175 Å². The van der Waals surface area contributed by atoms with Crippen LogP contribution >= 0.6 is 24.8 Å². The molecule has 148 valence electrons. The van der Waals surface area contributed by atoms with Gasteiger partial charge in [0.15, 0.2) is 0 Å². The maximum absolute atomic E-state index is 12.7. The zero-order valence-corrected chi connectivity index (χ0v) is 17.4. The van der Waals surface area contributed by atoms with Crippen molar-refractivity contribution in [2.45, 2.75) is 25.3 Å². The van der Waals surface area contributed by atoms with Crippen LogP contribution in [0.5, 0.6) is 0 Å². The highest BCUT2D eigenvalue weighted by Gasteiger charge is 2.20. The minimum atomic E-state index is -0.0682. The van der Waals surface area contributed by atoms with Gasteiger partial charge in [0.2, 0.25) is 5.91 Å². The molecule has 7 heteroatoms. The molecule has 0 radical (unpaired) electrons. The summed E-state index contributed by atoms with van der Waals surface area (Å²) in [7, 11) is 0. The van der Waals surface area contributed by atoms with E-state index in [4.69, 9.17) is 0 Å². The number of hydrogen-bond donors (Lipinski definition) is 2. The predicted molar refractivity (Wildman–Crippen MR) is 120 cm³/mol. The summed E-state index contributed by atoms with van der Waals surface area (Å²) in [5.74, 6) is -0.0000217. The van der Waals surface area contributed by atoms with E-state index in [0.717, 1.165) is 41.0 Å². The van der Waals surface area contributed by atoms with Gasteiger partial charge in [-0.25, -0.2) is 0 Å². The molecule has 1 aliphatic heterocycles. The van der Waals surface area contributed by atoms with E-state index in [9.17, 15) is 9.59 Å². The SMILES string of the molecule is O=C(Cc1ccc2sc(=O)[nH]c2c1)N[C@H](CN1CCCC1)c1ccccc1.S. The van der Waals surface area contributed by atoms with Crippen molar-refractivity contribution in [1.29, 1.82) is 0 Å². The van der Waals surface area contributed by atoms with Crippen molar-refractivity contribution >= 4 is 41.0 Å². The molecule has 0 spiro atoms. The number of carbonyl (C=O) groups excluding carboxylic acids is 1. The molecule has 1 fully saturated rings. The number of benzene rings is 2. The second-order valence-electron chi connectivity index (χ2n) is 7.06. The van der Waals surface area contributed by atoms with Gasteiger partial charge in [-0.05, 0) is 49.2 Å². The molecule has 1 saturated heterocycles. The van der Waals surface area contributed by atoms with Gasteiger partial charge in [0, 0.05) is 6.54 Å². The third kappa shape index (κ3) is 5.04. The molecule has 4 rings (SSSR count). The molecule has 0 bridgehead atoms. The zero-order valence-electron chi connectivity index (χ0n) is 15.6. The molecule has 1 aromatic heterocycles. The van der Waals surface area contributed by atoms with E-state index in [1.54, 1.807) is 0 Å². The van der Waals surface area contributed by atoms with Gasteiger partial charge >= 0.3 is 4.87 Å². The topological polar surface area (TPSA) is 65.2 Å². The number of likely N-dealkylation sites (tertiary alicyclic amines) is 1. The number of fused-ring (bicyclic) bond motifs is 1. The number of rotatable bonds is 6. The van der Waals surface area contributed by atoms with E-state index >= 15 is 0 Å². The molecular weight excluding hydrogens is 390 g/mol.